The van der Waals surface area contributed by atoms with E-state index in [9.17, 15) is 4.79 Å². The summed E-state index contributed by atoms with van der Waals surface area (Å²) in [5.41, 5.74) is 4.33. The lowest BCUT2D eigenvalue weighted by atomic mass is 10.1. The third-order valence-electron chi connectivity index (χ3n) is 3.22. The number of nitrogens with zero attached hydrogens (tertiary/aromatic N) is 1. The highest BCUT2D eigenvalue weighted by Crippen LogP contribution is 2.22. The Kier molecular flexibility index (Phi) is 5.60. The smallest absolute Gasteiger partial charge is 0.275 e. The predicted octanol–water partition coefficient (Wildman–Crippen LogP) is 3.51. The zero-order valence-corrected chi connectivity index (χ0v) is 13.8. The van der Waals surface area contributed by atoms with Crippen LogP contribution in [0.15, 0.2) is 47.6 Å². The molecule has 2 aromatic carbocycles. The third kappa shape index (κ3) is 4.23. The molecule has 0 atom stereocenters. The van der Waals surface area contributed by atoms with Crippen molar-refractivity contribution in [2.75, 3.05) is 14.2 Å². The molecule has 0 aromatic heterocycles. The second kappa shape index (κ2) is 7.65. The van der Waals surface area contributed by atoms with Gasteiger partial charge >= 0.3 is 0 Å². The molecule has 0 unspecified atom stereocenters. The van der Waals surface area contributed by atoms with Crippen LogP contribution >= 0.6 is 11.6 Å². The van der Waals surface area contributed by atoms with Gasteiger partial charge in [0.2, 0.25) is 0 Å². The Morgan fingerprint density at radius 3 is 2.61 bits per heavy atom. The second-order valence-electron chi connectivity index (χ2n) is 4.71. The minimum absolute atomic E-state index is 0.321. The highest BCUT2D eigenvalue weighted by atomic mass is 35.5. The van der Waals surface area contributed by atoms with E-state index in [-0.39, 0.29) is 0 Å². The van der Waals surface area contributed by atoms with Gasteiger partial charge in [0.25, 0.3) is 5.91 Å². The first-order valence-corrected chi connectivity index (χ1v) is 7.25. The quantitative estimate of drug-likeness (QED) is 0.673. The zero-order chi connectivity index (χ0) is 16.8. The fraction of sp³-hybridized carbons (Fsp3) is 0.176. The van der Waals surface area contributed by atoms with Gasteiger partial charge in [-0.1, -0.05) is 23.7 Å². The first-order chi connectivity index (χ1) is 11.0. The number of benzene rings is 2. The molecular weight excluding hydrogens is 316 g/mol. The molecule has 0 heterocycles. The van der Waals surface area contributed by atoms with Gasteiger partial charge in [-0.3, -0.25) is 4.79 Å². The van der Waals surface area contributed by atoms with Crippen LogP contribution in [0, 0.1) is 0 Å². The summed E-state index contributed by atoms with van der Waals surface area (Å²) in [6.07, 6.45) is 0. The first kappa shape index (κ1) is 16.8. The molecule has 0 bridgehead atoms. The van der Waals surface area contributed by atoms with E-state index in [1.807, 2.05) is 24.3 Å². The van der Waals surface area contributed by atoms with Crippen LogP contribution in [-0.4, -0.2) is 25.8 Å². The number of ether oxygens (including phenoxy) is 2. The van der Waals surface area contributed by atoms with E-state index in [0.29, 0.717) is 22.0 Å². The average Bonchev–Trinajstić information content (AvgIpc) is 2.59. The first-order valence-electron chi connectivity index (χ1n) is 6.87. The standard InChI is InChI=1S/C17H17ClN2O3/c1-11(12-5-4-6-14(9-12)22-2)19-20-17(21)15-10-13(18)7-8-16(15)23-3/h4-10H,1-3H3,(H,20,21)/b19-11+. The number of rotatable bonds is 5. The summed E-state index contributed by atoms with van der Waals surface area (Å²) in [6, 6.07) is 12.2. The van der Waals surface area contributed by atoms with Crippen LogP contribution in [0.1, 0.15) is 22.8 Å². The Balaban J connectivity index is 2.18. The number of carbonyl (C=O) groups excluding carboxylic acids is 1. The summed E-state index contributed by atoms with van der Waals surface area (Å²) < 4.78 is 10.3. The Labute approximate surface area is 139 Å². The molecule has 6 heteroatoms. The Hall–Kier alpha value is -2.53. The summed E-state index contributed by atoms with van der Waals surface area (Å²) in [7, 11) is 3.09. The summed E-state index contributed by atoms with van der Waals surface area (Å²) in [5.74, 6) is 0.757. The van der Waals surface area contributed by atoms with Crippen molar-refractivity contribution in [3.05, 3.63) is 58.6 Å². The van der Waals surface area contributed by atoms with Crippen molar-refractivity contribution >= 4 is 23.2 Å². The third-order valence-corrected chi connectivity index (χ3v) is 3.45. The van der Waals surface area contributed by atoms with Crippen molar-refractivity contribution in [2.45, 2.75) is 6.92 Å². The topological polar surface area (TPSA) is 59.9 Å². The maximum atomic E-state index is 12.3. The van der Waals surface area contributed by atoms with Crippen molar-refractivity contribution < 1.29 is 14.3 Å². The molecule has 2 rings (SSSR count). The Morgan fingerprint density at radius 2 is 1.91 bits per heavy atom. The van der Waals surface area contributed by atoms with E-state index < -0.39 is 5.91 Å². The highest BCUT2D eigenvalue weighted by molar-refractivity contribution is 6.31. The van der Waals surface area contributed by atoms with Gasteiger partial charge < -0.3 is 9.47 Å². The fourth-order valence-corrected chi connectivity index (χ4v) is 2.14. The van der Waals surface area contributed by atoms with E-state index in [0.717, 1.165) is 11.3 Å². The van der Waals surface area contributed by atoms with E-state index in [2.05, 4.69) is 10.5 Å². The van der Waals surface area contributed by atoms with Crippen molar-refractivity contribution in [3.63, 3.8) is 0 Å². The molecule has 0 aliphatic heterocycles. The molecule has 5 nitrogen and oxygen atoms in total. The SMILES string of the molecule is COc1cccc(/C(C)=N/NC(=O)c2cc(Cl)ccc2OC)c1. The van der Waals surface area contributed by atoms with Gasteiger partial charge in [0.05, 0.1) is 25.5 Å². The molecule has 0 fully saturated rings. The fourth-order valence-electron chi connectivity index (χ4n) is 1.97. The lowest BCUT2D eigenvalue weighted by Crippen LogP contribution is -2.20. The molecule has 23 heavy (non-hydrogen) atoms. The van der Waals surface area contributed by atoms with E-state index in [1.165, 1.54) is 13.2 Å². The van der Waals surface area contributed by atoms with Crippen LogP contribution in [0.3, 0.4) is 0 Å². The molecular formula is C17H17ClN2O3. The van der Waals surface area contributed by atoms with Crippen LogP contribution in [0.25, 0.3) is 0 Å². The maximum Gasteiger partial charge on any atom is 0.275 e. The largest absolute Gasteiger partial charge is 0.497 e. The highest BCUT2D eigenvalue weighted by Gasteiger charge is 2.12. The number of carbonyl (C=O) groups is 1. The zero-order valence-electron chi connectivity index (χ0n) is 13.1. The molecule has 0 aliphatic carbocycles. The molecule has 0 spiro atoms. The number of halogens is 1. The summed E-state index contributed by atoms with van der Waals surface area (Å²) in [6.45, 7) is 1.80. The molecule has 120 valence electrons. The number of nitrogens with one attached hydrogen (secondary N) is 1. The van der Waals surface area contributed by atoms with Crippen molar-refractivity contribution in [1.82, 2.24) is 5.43 Å². The number of hydrogen-bond donors (Lipinski definition) is 1. The summed E-state index contributed by atoms with van der Waals surface area (Å²) in [4.78, 5) is 12.3. The van der Waals surface area contributed by atoms with Crippen LogP contribution in [-0.2, 0) is 0 Å². The van der Waals surface area contributed by atoms with Gasteiger partial charge in [0.15, 0.2) is 0 Å². The number of amides is 1. The Morgan fingerprint density at radius 1 is 1.13 bits per heavy atom. The minimum atomic E-state index is -0.397. The van der Waals surface area contributed by atoms with Gasteiger partial charge in [-0.05, 0) is 37.3 Å². The minimum Gasteiger partial charge on any atom is -0.497 e. The molecule has 1 N–H and O–H groups in total. The van der Waals surface area contributed by atoms with Crippen molar-refractivity contribution in [1.29, 1.82) is 0 Å². The van der Waals surface area contributed by atoms with Crippen molar-refractivity contribution in [3.8, 4) is 11.5 Å². The lowest BCUT2D eigenvalue weighted by Gasteiger charge is -2.08. The maximum absolute atomic E-state index is 12.3. The van der Waals surface area contributed by atoms with Gasteiger partial charge in [-0.25, -0.2) is 5.43 Å². The van der Waals surface area contributed by atoms with E-state index in [1.54, 1.807) is 26.2 Å². The summed E-state index contributed by atoms with van der Waals surface area (Å²) in [5, 5.41) is 4.56. The van der Waals surface area contributed by atoms with E-state index in [4.69, 9.17) is 21.1 Å². The summed E-state index contributed by atoms with van der Waals surface area (Å²) >= 11 is 5.92. The number of methoxy groups -OCH3 is 2. The van der Waals surface area contributed by atoms with Crippen LogP contribution in [0.5, 0.6) is 11.5 Å². The second-order valence-corrected chi connectivity index (χ2v) is 5.15. The molecule has 1 amide bonds. The average molecular weight is 333 g/mol. The van der Waals surface area contributed by atoms with Crippen LogP contribution in [0.4, 0.5) is 0 Å². The van der Waals surface area contributed by atoms with Crippen LogP contribution < -0.4 is 14.9 Å². The Bertz CT molecular complexity index is 744. The van der Waals surface area contributed by atoms with Crippen LogP contribution in [0.2, 0.25) is 5.02 Å². The van der Waals surface area contributed by atoms with Gasteiger partial charge in [-0.15, -0.1) is 0 Å². The van der Waals surface area contributed by atoms with Crippen molar-refractivity contribution in [2.24, 2.45) is 5.10 Å². The van der Waals surface area contributed by atoms with Gasteiger partial charge in [0.1, 0.15) is 11.5 Å². The molecule has 0 radical (unpaired) electrons. The molecule has 0 saturated heterocycles. The number of hydrazone groups is 1. The number of hydrogen-bond acceptors (Lipinski definition) is 4. The molecule has 0 aliphatic rings. The van der Waals surface area contributed by atoms with E-state index >= 15 is 0 Å². The van der Waals surface area contributed by atoms with Gasteiger partial charge in [-0.2, -0.15) is 5.10 Å². The normalized spacial score (nSPS) is 11.0. The monoisotopic (exact) mass is 332 g/mol. The van der Waals surface area contributed by atoms with Gasteiger partial charge in [0, 0.05) is 10.6 Å². The predicted molar refractivity (Wildman–Crippen MR) is 90.7 cm³/mol. The lowest BCUT2D eigenvalue weighted by molar-refractivity contribution is 0.0952. The molecule has 0 saturated carbocycles. The molecule has 2 aromatic rings.